The molecule has 1 aromatic heterocycles. The molecule has 1 amide bonds. The standard InChI is InChI=1S/C27H34ClN5O2.2ClH/c1-19-22(28)9-7-11-23(19)32-17-15-31(16-18-32)14-8-13-29-27(34)26-20(2)33(21(3)30-26)24-10-5-6-12-25(24)35-4;;/h5-7,9-12H,8,13-18H2,1-4H3,(H,29,34);2*1H. The fraction of sp³-hybridized carbons (Fsp3) is 0.407. The molecule has 10 heteroatoms. The molecule has 0 bridgehead atoms. The molecule has 1 N–H and O–H groups in total. The molecule has 0 aliphatic carbocycles. The van der Waals surface area contributed by atoms with Gasteiger partial charge in [0.15, 0.2) is 0 Å². The van der Waals surface area contributed by atoms with Gasteiger partial charge in [-0.2, -0.15) is 0 Å². The van der Waals surface area contributed by atoms with Gasteiger partial charge in [-0.1, -0.05) is 29.8 Å². The van der Waals surface area contributed by atoms with Crippen molar-refractivity contribution in [3.63, 3.8) is 0 Å². The van der Waals surface area contributed by atoms with Crippen LogP contribution in [0, 0.1) is 20.8 Å². The van der Waals surface area contributed by atoms with Gasteiger partial charge < -0.3 is 15.0 Å². The lowest BCUT2D eigenvalue weighted by molar-refractivity contribution is 0.0946. The maximum Gasteiger partial charge on any atom is 0.271 e. The number of carbonyl (C=O) groups is 1. The van der Waals surface area contributed by atoms with Crippen molar-refractivity contribution < 1.29 is 9.53 Å². The predicted octanol–water partition coefficient (Wildman–Crippen LogP) is 5.25. The lowest BCUT2D eigenvalue weighted by Gasteiger charge is -2.37. The third-order valence-corrected chi connectivity index (χ3v) is 7.11. The fourth-order valence-corrected chi connectivity index (χ4v) is 4.93. The molecule has 37 heavy (non-hydrogen) atoms. The molecule has 1 aliphatic rings. The van der Waals surface area contributed by atoms with E-state index < -0.39 is 0 Å². The number of hydrogen-bond donors (Lipinski definition) is 1. The zero-order valence-corrected chi connectivity index (χ0v) is 24.2. The van der Waals surface area contributed by atoms with Crippen molar-refractivity contribution in [2.45, 2.75) is 27.2 Å². The van der Waals surface area contributed by atoms with Crippen LogP contribution in [-0.2, 0) is 0 Å². The number of methoxy groups -OCH3 is 1. The Kier molecular flexibility index (Phi) is 11.6. The predicted molar refractivity (Wildman–Crippen MR) is 156 cm³/mol. The Hall–Kier alpha value is -2.45. The Morgan fingerprint density at radius 1 is 1.00 bits per heavy atom. The maximum atomic E-state index is 12.9. The first-order chi connectivity index (χ1) is 16.9. The minimum atomic E-state index is -0.138. The third kappa shape index (κ3) is 6.90. The Morgan fingerprint density at radius 2 is 1.68 bits per heavy atom. The minimum Gasteiger partial charge on any atom is -0.495 e. The number of aromatic nitrogens is 2. The summed E-state index contributed by atoms with van der Waals surface area (Å²) in [4.78, 5) is 22.3. The first-order valence-electron chi connectivity index (χ1n) is 12.1. The van der Waals surface area contributed by atoms with E-state index in [1.54, 1.807) is 7.11 Å². The van der Waals surface area contributed by atoms with E-state index in [1.165, 1.54) is 5.69 Å². The number of imidazole rings is 1. The second kappa shape index (κ2) is 13.9. The third-order valence-electron chi connectivity index (χ3n) is 6.71. The van der Waals surface area contributed by atoms with E-state index in [0.29, 0.717) is 12.2 Å². The van der Waals surface area contributed by atoms with Gasteiger partial charge in [0.1, 0.15) is 17.3 Å². The van der Waals surface area contributed by atoms with E-state index in [-0.39, 0.29) is 30.7 Å². The van der Waals surface area contributed by atoms with Crippen molar-refractivity contribution in [1.29, 1.82) is 0 Å². The molecule has 0 radical (unpaired) electrons. The molecule has 0 spiro atoms. The topological polar surface area (TPSA) is 62.6 Å². The number of anilines is 1. The first-order valence-corrected chi connectivity index (χ1v) is 12.5. The number of carbonyl (C=O) groups excluding carboxylic acids is 1. The maximum absolute atomic E-state index is 12.9. The van der Waals surface area contributed by atoms with Crippen LogP contribution in [0.25, 0.3) is 5.69 Å². The van der Waals surface area contributed by atoms with E-state index in [2.05, 4.69) is 33.1 Å². The average Bonchev–Trinajstić information content (AvgIpc) is 3.17. The van der Waals surface area contributed by atoms with Gasteiger partial charge in [-0.05, 0) is 63.6 Å². The molecule has 4 rings (SSSR count). The number of rotatable bonds is 8. The number of aryl methyl sites for hydroxylation is 1. The highest BCUT2D eigenvalue weighted by Crippen LogP contribution is 2.28. The van der Waals surface area contributed by atoms with Crippen molar-refractivity contribution in [3.05, 3.63) is 70.3 Å². The molecule has 202 valence electrons. The summed E-state index contributed by atoms with van der Waals surface area (Å²) in [5.74, 6) is 1.36. The Bertz CT molecular complexity index is 1190. The summed E-state index contributed by atoms with van der Waals surface area (Å²) in [7, 11) is 1.65. The van der Waals surface area contributed by atoms with E-state index in [1.807, 2.05) is 54.8 Å². The van der Waals surface area contributed by atoms with Crippen LogP contribution in [0.3, 0.4) is 0 Å². The van der Waals surface area contributed by atoms with Gasteiger partial charge in [0.05, 0.1) is 18.5 Å². The van der Waals surface area contributed by atoms with Gasteiger partial charge in [-0.25, -0.2) is 4.98 Å². The molecule has 2 aromatic carbocycles. The molecule has 1 saturated heterocycles. The van der Waals surface area contributed by atoms with Crippen molar-refractivity contribution in [2.24, 2.45) is 0 Å². The molecule has 2 heterocycles. The van der Waals surface area contributed by atoms with Crippen LogP contribution in [-0.4, -0.2) is 66.7 Å². The monoisotopic (exact) mass is 567 g/mol. The molecular weight excluding hydrogens is 533 g/mol. The van der Waals surface area contributed by atoms with Crippen LogP contribution in [0.1, 0.15) is 34.0 Å². The number of nitrogens with zero attached hydrogens (tertiary/aromatic N) is 4. The van der Waals surface area contributed by atoms with Crippen LogP contribution in [0.2, 0.25) is 5.02 Å². The number of halogens is 3. The molecule has 3 aromatic rings. The number of ether oxygens (including phenoxy) is 1. The minimum absolute atomic E-state index is 0. The summed E-state index contributed by atoms with van der Waals surface area (Å²) in [6.45, 7) is 11.4. The number of hydrogen-bond acceptors (Lipinski definition) is 5. The van der Waals surface area contributed by atoms with Gasteiger partial charge >= 0.3 is 0 Å². The molecule has 0 atom stereocenters. The molecule has 1 fully saturated rings. The molecular formula is C27H36Cl3N5O2. The fourth-order valence-electron chi connectivity index (χ4n) is 4.77. The van der Waals surface area contributed by atoms with Gasteiger partial charge in [0, 0.05) is 43.4 Å². The second-order valence-electron chi connectivity index (χ2n) is 8.92. The number of para-hydroxylation sites is 2. The highest BCUT2D eigenvalue weighted by atomic mass is 35.5. The number of amides is 1. The van der Waals surface area contributed by atoms with Crippen molar-refractivity contribution >= 4 is 48.0 Å². The molecule has 7 nitrogen and oxygen atoms in total. The summed E-state index contributed by atoms with van der Waals surface area (Å²) in [6.07, 6.45) is 0.896. The van der Waals surface area contributed by atoms with Crippen molar-refractivity contribution in [2.75, 3.05) is 51.3 Å². The van der Waals surface area contributed by atoms with Gasteiger partial charge in [-0.15, -0.1) is 24.8 Å². The quantitative estimate of drug-likeness (QED) is 0.376. The largest absolute Gasteiger partial charge is 0.495 e. The second-order valence-corrected chi connectivity index (χ2v) is 9.33. The van der Waals surface area contributed by atoms with Crippen LogP contribution >= 0.6 is 36.4 Å². The smallest absolute Gasteiger partial charge is 0.271 e. The Balaban J connectivity index is 0.00000241. The first kappa shape index (κ1) is 30.8. The van der Waals surface area contributed by atoms with Crippen molar-refractivity contribution in [1.82, 2.24) is 19.8 Å². The van der Waals surface area contributed by atoms with E-state index in [4.69, 9.17) is 16.3 Å². The summed E-state index contributed by atoms with van der Waals surface area (Å²) in [5.41, 5.74) is 4.51. The van der Waals surface area contributed by atoms with Crippen molar-refractivity contribution in [3.8, 4) is 11.4 Å². The van der Waals surface area contributed by atoms with Crippen LogP contribution < -0.4 is 15.0 Å². The summed E-state index contributed by atoms with van der Waals surface area (Å²) >= 11 is 6.30. The SMILES string of the molecule is COc1ccccc1-n1c(C)nc(C(=O)NCCCN2CCN(c3cccc(Cl)c3C)CC2)c1C.Cl.Cl. The highest BCUT2D eigenvalue weighted by molar-refractivity contribution is 6.31. The van der Waals surface area contributed by atoms with Crippen LogP contribution in [0.4, 0.5) is 5.69 Å². The van der Waals surface area contributed by atoms with Gasteiger partial charge in [0.25, 0.3) is 5.91 Å². The Labute approximate surface area is 237 Å². The van der Waals surface area contributed by atoms with E-state index in [0.717, 1.165) is 72.7 Å². The normalized spacial score (nSPS) is 13.5. The zero-order chi connectivity index (χ0) is 24.9. The number of benzene rings is 2. The van der Waals surface area contributed by atoms with E-state index >= 15 is 0 Å². The highest BCUT2D eigenvalue weighted by Gasteiger charge is 2.21. The lowest BCUT2D eigenvalue weighted by atomic mass is 10.1. The number of nitrogens with one attached hydrogen (secondary N) is 1. The van der Waals surface area contributed by atoms with Crippen LogP contribution in [0.5, 0.6) is 5.75 Å². The summed E-state index contributed by atoms with van der Waals surface area (Å²) in [5, 5.41) is 3.87. The van der Waals surface area contributed by atoms with Gasteiger partial charge in [-0.3, -0.25) is 14.3 Å². The molecule has 0 unspecified atom stereocenters. The lowest BCUT2D eigenvalue weighted by Crippen LogP contribution is -2.47. The Morgan fingerprint density at radius 3 is 2.38 bits per heavy atom. The van der Waals surface area contributed by atoms with E-state index in [9.17, 15) is 4.79 Å². The summed E-state index contributed by atoms with van der Waals surface area (Å²) in [6, 6.07) is 13.9. The zero-order valence-electron chi connectivity index (χ0n) is 21.8. The number of piperazine rings is 1. The van der Waals surface area contributed by atoms with Crippen LogP contribution in [0.15, 0.2) is 42.5 Å². The molecule has 0 saturated carbocycles. The average molecular weight is 569 g/mol. The molecule has 1 aliphatic heterocycles. The summed E-state index contributed by atoms with van der Waals surface area (Å²) < 4.78 is 7.46. The van der Waals surface area contributed by atoms with Gasteiger partial charge in [0.2, 0.25) is 0 Å².